The van der Waals surface area contributed by atoms with Crippen LogP contribution in [0.4, 0.5) is 0 Å². The fourth-order valence-corrected chi connectivity index (χ4v) is 9.90. The van der Waals surface area contributed by atoms with Crippen molar-refractivity contribution in [2.24, 2.45) is 5.92 Å². The van der Waals surface area contributed by atoms with Crippen molar-refractivity contribution in [1.29, 1.82) is 0 Å². The molecule has 9 rings (SSSR count). The van der Waals surface area contributed by atoms with Crippen LogP contribution in [0.5, 0.6) is 0 Å². The third-order valence-electron chi connectivity index (χ3n) is 9.60. The summed E-state index contributed by atoms with van der Waals surface area (Å²) >= 11 is -2.20. The third kappa shape index (κ3) is 8.06. The normalized spacial score (nSPS) is 12.3. The molecule has 0 bridgehead atoms. The molecule has 0 fully saturated rings. The van der Waals surface area contributed by atoms with Gasteiger partial charge in [-0.05, 0) is 54.4 Å². The topological polar surface area (TPSA) is 56.7 Å². The number of rotatable bonds is 7. The number of hydrogen-bond donors (Lipinski definition) is 0. The van der Waals surface area contributed by atoms with Crippen LogP contribution in [-0.2, 0) is 26.5 Å². The van der Waals surface area contributed by atoms with E-state index in [1.54, 1.807) is 0 Å². The van der Waals surface area contributed by atoms with E-state index < -0.39 is 19.6 Å². The first-order valence-electron chi connectivity index (χ1n) is 19.7. The maximum Gasteiger partial charge on any atom is 0 e. The van der Waals surface area contributed by atoms with Crippen LogP contribution in [0.15, 0.2) is 144 Å². The summed E-state index contributed by atoms with van der Waals surface area (Å²) in [6.07, 6.45) is 0.562. The van der Waals surface area contributed by atoms with E-state index in [1.807, 2.05) is 99.8 Å². The fourth-order valence-electron chi connectivity index (χ4n) is 6.95. The average molecular weight is 972 g/mol. The fraction of sp³-hybridized carbons (Fsp3) is 0.163. The van der Waals surface area contributed by atoms with Crippen molar-refractivity contribution in [3.05, 3.63) is 163 Å². The second kappa shape index (κ2) is 16.5. The quantitative estimate of drug-likeness (QED) is 0.118. The number of para-hydroxylation sites is 2. The third-order valence-corrected chi connectivity index (χ3v) is 13.8. The molecule has 0 amide bonds. The molecule has 5 nitrogen and oxygen atoms in total. The second-order valence-electron chi connectivity index (χ2n) is 15.1. The van der Waals surface area contributed by atoms with Crippen molar-refractivity contribution in [1.82, 2.24) is 19.5 Å². The number of aryl methyl sites for hydroxylation is 1. The molecule has 0 aliphatic rings. The summed E-state index contributed by atoms with van der Waals surface area (Å²) in [5.74, 6) is 7.56. The molecule has 0 atom stereocenters. The summed E-state index contributed by atoms with van der Waals surface area (Å²) in [7, 11) is 0. The molecule has 0 N–H and O–H groups in total. The molecular weight excluding hydrogens is 925 g/mol. The van der Waals surface area contributed by atoms with Gasteiger partial charge in [0.25, 0.3) is 0 Å². The molecule has 0 unspecified atom stereocenters. The summed E-state index contributed by atoms with van der Waals surface area (Å²) in [6, 6.07) is 51.5. The van der Waals surface area contributed by atoms with Crippen LogP contribution in [0.3, 0.4) is 0 Å². The number of nitrogens with zero attached hydrogens (tertiary/aromatic N) is 4. The van der Waals surface area contributed by atoms with Crippen LogP contribution in [0, 0.1) is 25.0 Å². The molecule has 7 heteroatoms. The van der Waals surface area contributed by atoms with E-state index in [9.17, 15) is 0 Å². The van der Waals surface area contributed by atoms with Crippen molar-refractivity contribution in [3.63, 3.8) is 0 Å². The van der Waals surface area contributed by atoms with Gasteiger partial charge < -0.3 is 8.98 Å². The zero-order valence-electron chi connectivity index (χ0n) is 34.4. The molecule has 1 radical (unpaired) electrons. The Morgan fingerprint density at radius 3 is 2.23 bits per heavy atom. The van der Waals surface area contributed by atoms with Crippen molar-refractivity contribution >= 4 is 50.8 Å². The van der Waals surface area contributed by atoms with Gasteiger partial charge in [0.05, 0.1) is 22.4 Å². The van der Waals surface area contributed by atoms with Gasteiger partial charge in [-0.15, -0.1) is 18.2 Å². The van der Waals surface area contributed by atoms with E-state index in [0.29, 0.717) is 5.71 Å². The molecule has 0 saturated heterocycles. The number of pyridine rings is 2. The van der Waals surface area contributed by atoms with Gasteiger partial charge in [0.2, 0.25) is 5.71 Å². The predicted molar refractivity (Wildman–Crippen MR) is 231 cm³/mol. The SMILES string of the molecule is Cc1ccc2c(n1)oc1c(-c3nc4ccccc4n3-c3ccc(-c4ccccc4)cc3)[c-]ccc12.[2H]C([2H])(c1cc(-c2[c-]cccc2)nc[c]1[Ge]([CH3])([CH3])[CH3])C(C)C.[Ir]. The second-order valence-corrected chi connectivity index (χ2v) is 25.7. The molecule has 4 aromatic heterocycles. The van der Waals surface area contributed by atoms with E-state index in [1.165, 1.54) is 11.1 Å². The molecular formula is C49H44GeIrN4O-2. The van der Waals surface area contributed by atoms with Crippen LogP contribution in [0.1, 0.15) is 27.8 Å². The van der Waals surface area contributed by atoms with Crippen molar-refractivity contribution in [2.45, 2.75) is 44.4 Å². The van der Waals surface area contributed by atoms with E-state index in [4.69, 9.17) is 12.1 Å². The Bertz CT molecular complexity index is 2850. The summed E-state index contributed by atoms with van der Waals surface area (Å²) < 4.78 is 26.7. The molecule has 56 heavy (non-hydrogen) atoms. The summed E-state index contributed by atoms with van der Waals surface area (Å²) in [5.41, 5.74) is 11.0. The number of furan rings is 1. The van der Waals surface area contributed by atoms with E-state index >= 15 is 0 Å². The Kier molecular flexibility index (Phi) is 10.8. The van der Waals surface area contributed by atoms with Crippen molar-refractivity contribution < 1.29 is 27.3 Å². The van der Waals surface area contributed by atoms with Gasteiger partial charge in [0.1, 0.15) is 0 Å². The number of aromatic nitrogens is 4. The molecule has 4 heterocycles. The predicted octanol–water partition coefficient (Wildman–Crippen LogP) is 12.1. The minimum absolute atomic E-state index is 0. The van der Waals surface area contributed by atoms with Crippen LogP contribution < -0.4 is 4.40 Å². The molecule has 5 aromatic carbocycles. The zero-order chi connectivity index (χ0) is 39.9. The van der Waals surface area contributed by atoms with Gasteiger partial charge >= 0.3 is 128 Å². The van der Waals surface area contributed by atoms with Crippen LogP contribution in [0.2, 0.25) is 17.3 Å². The first-order valence-corrected chi connectivity index (χ1v) is 26.1. The van der Waals surface area contributed by atoms with E-state index in [0.717, 1.165) is 71.4 Å². The van der Waals surface area contributed by atoms with Crippen molar-refractivity contribution in [2.75, 3.05) is 0 Å². The Labute approximate surface area is 348 Å². The Morgan fingerprint density at radius 2 is 1.50 bits per heavy atom. The molecule has 0 aliphatic heterocycles. The molecule has 0 saturated carbocycles. The summed E-state index contributed by atoms with van der Waals surface area (Å²) in [4.78, 5) is 14.2. The largest absolute Gasteiger partial charge is 0 e. The molecule has 9 aromatic rings. The minimum Gasteiger partial charge on any atom is 0 e. The van der Waals surface area contributed by atoms with Crippen LogP contribution >= 0.6 is 0 Å². The number of fused-ring (bicyclic) bond motifs is 4. The summed E-state index contributed by atoms with van der Waals surface area (Å²) in [6.45, 7) is 5.85. The standard InChI is InChI=1S/C31H20N3O.C18H24GeN.Ir/c1-20-14-19-25-24-10-7-11-26(29(24)35-31(25)32-20)30-33-27-12-5-6-13-28(27)34(30)23-17-15-22(16-18-23)21-8-3-2-4-9-21;1-14(2)11-16-12-18(15-9-7-6-8-10-15)20-13-17(16)19(3,4)5;/h2-10,12-19H,1H3;6-9,12-14H,11H2,1-5H3;/q2*-1;/i;11D2;. The van der Waals surface area contributed by atoms with Gasteiger partial charge in [0.15, 0.2) is 0 Å². The number of imidazole rings is 1. The molecule has 0 spiro atoms. The van der Waals surface area contributed by atoms with Gasteiger partial charge in [0, 0.05) is 36.9 Å². The first kappa shape index (κ1) is 36.5. The number of hydrogen-bond acceptors (Lipinski definition) is 4. The van der Waals surface area contributed by atoms with E-state index in [2.05, 4.69) is 105 Å². The van der Waals surface area contributed by atoms with Crippen LogP contribution in [0.25, 0.3) is 72.6 Å². The smallest absolute Gasteiger partial charge is 0 e. The Morgan fingerprint density at radius 1 is 0.768 bits per heavy atom. The Hall–Kier alpha value is -5.14. The molecule has 281 valence electrons. The van der Waals surface area contributed by atoms with Crippen LogP contribution in [-0.4, -0.2) is 32.8 Å². The van der Waals surface area contributed by atoms with Gasteiger partial charge in [-0.25, -0.2) is 4.98 Å². The average Bonchev–Trinajstić information content (AvgIpc) is 3.79. The zero-order valence-corrected chi connectivity index (χ0v) is 36.9. The first-order chi connectivity index (χ1) is 27.4. The van der Waals surface area contributed by atoms with Crippen molar-refractivity contribution in [3.8, 4) is 39.5 Å². The monoisotopic (exact) mass is 973 g/mol. The van der Waals surface area contributed by atoms with E-state index in [-0.39, 0.29) is 26.0 Å². The Balaban J connectivity index is 0.000000194. The maximum atomic E-state index is 8.56. The summed E-state index contributed by atoms with van der Waals surface area (Å²) in [5, 5.41) is 2.01. The van der Waals surface area contributed by atoms with Gasteiger partial charge in [-0.3, -0.25) is 4.98 Å². The maximum absolute atomic E-state index is 8.56. The van der Waals surface area contributed by atoms with Gasteiger partial charge in [-0.1, -0.05) is 65.5 Å². The van der Waals surface area contributed by atoms with Gasteiger partial charge in [-0.2, -0.15) is 0 Å². The molecule has 0 aliphatic carbocycles. The minimum atomic E-state index is -2.20. The number of benzene rings is 5.